The lowest BCUT2D eigenvalue weighted by Crippen LogP contribution is -2.66. The number of allylic oxidation sites excluding steroid dienone is 7. The van der Waals surface area contributed by atoms with Crippen LogP contribution in [0.4, 0.5) is 0 Å². The van der Waals surface area contributed by atoms with Crippen LogP contribution in [0.2, 0.25) is 0 Å². The van der Waals surface area contributed by atoms with Gasteiger partial charge in [0, 0.05) is 6.42 Å². The second-order valence-electron chi connectivity index (χ2n) is 33.1. The largest absolute Gasteiger partial charge is 0.394 e. The van der Waals surface area contributed by atoms with Crippen LogP contribution >= 0.6 is 0 Å². The molecule has 17 unspecified atom stereocenters. The Balaban J connectivity index is 1.31. The van der Waals surface area contributed by atoms with Gasteiger partial charge in [-0.3, -0.25) is 4.79 Å². The predicted octanol–water partition coefficient (Wildman–Crippen LogP) is 18.0. The zero-order valence-corrected chi connectivity index (χ0v) is 70.5. The summed E-state index contributed by atoms with van der Waals surface area (Å²) in [5.41, 5.74) is 0. The lowest BCUT2D eigenvalue weighted by atomic mass is 9.96. The molecule has 3 heterocycles. The highest BCUT2D eigenvalue weighted by Gasteiger charge is 2.54. The molecule has 3 fully saturated rings. The number of nitrogens with one attached hydrogen (secondary N) is 1. The summed E-state index contributed by atoms with van der Waals surface area (Å²) in [6.45, 7) is 1.77. The van der Waals surface area contributed by atoms with Crippen molar-refractivity contribution >= 4 is 5.91 Å². The standard InChI is InChI=1S/C92H171NO18/c1-3-5-7-9-11-13-15-17-19-21-23-25-27-29-31-32-33-34-35-36-37-38-39-40-41-42-44-46-48-50-52-54-56-58-60-62-64-66-68-70-80(98)93-75(76(97)69-67-65-63-61-59-57-55-53-51-49-47-45-43-30-28-26-24-22-20-18-16-14-12-10-8-6-4-2)74-106-90-86(104)83(101)88(78(72-95)108-90)111-92-87(105)84(102)89(79(73-96)109-92)110-91-85(103)82(100)81(99)77(71-94)107-91/h21,23,51,53,59,61,67,69,75-79,81-92,94-97,99-105H,3-20,22,24-50,52,54-58,60,62-66,68,70-74H2,1-2H3,(H,93,98)/b23-21-,53-51+,61-59+,69-67+. The number of carbonyl (C=O) groups excluding carboxylic acids is 1. The van der Waals surface area contributed by atoms with E-state index in [4.69, 9.17) is 28.4 Å². The van der Waals surface area contributed by atoms with Gasteiger partial charge in [-0.2, -0.15) is 0 Å². The summed E-state index contributed by atoms with van der Waals surface area (Å²) in [6.07, 6.45) is 67.2. The molecule has 3 saturated heterocycles. The van der Waals surface area contributed by atoms with Crippen LogP contribution < -0.4 is 5.32 Å². The van der Waals surface area contributed by atoms with E-state index >= 15 is 0 Å². The number of aliphatic hydroxyl groups excluding tert-OH is 11. The van der Waals surface area contributed by atoms with Crippen LogP contribution in [0, 0.1) is 0 Å². The number of hydrogen-bond donors (Lipinski definition) is 12. The van der Waals surface area contributed by atoms with Crippen molar-refractivity contribution in [2.45, 2.75) is 503 Å². The number of unbranched alkanes of at least 4 members (excludes halogenated alkanes) is 54. The van der Waals surface area contributed by atoms with Crippen LogP contribution in [0.25, 0.3) is 0 Å². The van der Waals surface area contributed by atoms with Crippen molar-refractivity contribution in [3.05, 3.63) is 48.6 Å². The van der Waals surface area contributed by atoms with Crippen molar-refractivity contribution in [2.24, 2.45) is 0 Å². The van der Waals surface area contributed by atoms with Gasteiger partial charge in [0.25, 0.3) is 0 Å². The summed E-state index contributed by atoms with van der Waals surface area (Å²) in [5.74, 6) is -0.282. The van der Waals surface area contributed by atoms with E-state index in [0.29, 0.717) is 12.8 Å². The first-order valence-corrected chi connectivity index (χ1v) is 46.4. The monoisotopic (exact) mass is 1580 g/mol. The summed E-state index contributed by atoms with van der Waals surface area (Å²) < 4.78 is 34.5. The first-order chi connectivity index (χ1) is 54.3. The molecule has 1 amide bonds. The molecule has 3 aliphatic rings. The molecule has 111 heavy (non-hydrogen) atoms. The molecule has 0 radical (unpaired) electrons. The second kappa shape index (κ2) is 71.8. The molecule has 0 aromatic carbocycles. The number of ether oxygens (including phenoxy) is 6. The van der Waals surface area contributed by atoms with Crippen molar-refractivity contribution in [1.82, 2.24) is 5.32 Å². The maximum Gasteiger partial charge on any atom is 0.220 e. The Bertz CT molecular complexity index is 2190. The minimum absolute atomic E-state index is 0.236. The van der Waals surface area contributed by atoms with Gasteiger partial charge >= 0.3 is 0 Å². The normalized spacial score (nSPS) is 25.2. The summed E-state index contributed by atoms with van der Waals surface area (Å²) in [6, 6.07) is -0.998. The Labute approximate surface area is 675 Å². The molecule has 0 spiro atoms. The maximum atomic E-state index is 13.5. The van der Waals surface area contributed by atoms with Crippen molar-refractivity contribution in [1.29, 1.82) is 0 Å². The summed E-state index contributed by atoms with van der Waals surface area (Å²) >= 11 is 0. The van der Waals surface area contributed by atoms with E-state index in [1.165, 1.54) is 321 Å². The van der Waals surface area contributed by atoms with Crippen LogP contribution in [-0.2, 0) is 33.2 Å². The van der Waals surface area contributed by atoms with E-state index in [1.807, 2.05) is 6.08 Å². The zero-order chi connectivity index (χ0) is 80.3. The molecule has 19 heteroatoms. The highest BCUT2D eigenvalue weighted by molar-refractivity contribution is 5.76. The van der Waals surface area contributed by atoms with Gasteiger partial charge in [-0.05, 0) is 70.6 Å². The molecule has 0 aromatic rings. The van der Waals surface area contributed by atoms with Crippen LogP contribution in [0.3, 0.4) is 0 Å². The Kier molecular flexibility index (Phi) is 66.6. The van der Waals surface area contributed by atoms with E-state index < -0.39 is 124 Å². The van der Waals surface area contributed by atoms with Crippen LogP contribution in [0.15, 0.2) is 48.6 Å². The molecule has 12 N–H and O–H groups in total. The predicted molar refractivity (Wildman–Crippen MR) is 448 cm³/mol. The number of aliphatic hydroxyl groups is 11. The Morgan fingerprint density at radius 3 is 0.901 bits per heavy atom. The third-order valence-corrected chi connectivity index (χ3v) is 23.1. The first-order valence-electron chi connectivity index (χ1n) is 46.4. The Morgan fingerprint density at radius 2 is 0.577 bits per heavy atom. The number of hydrogen-bond acceptors (Lipinski definition) is 18. The summed E-state index contributed by atoms with van der Waals surface area (Å²) in [5, 5.41) is 121. The van der Waals surface area contributed by atoms with E-state index in [-0.39, 0.29) is 18.9 Å². The quantitative estimate of drug-likeness (QED) is 0.0199. The minimum atomic E-state index is -1.98. The Morgan fingerprint density at radius 1 is 0.315 bits per heavy atom. The highest BCUT2D eigenvalue weighted by atomic mass is 16.8. The minimum Gasteiger partial charge on any atom is -0.394 e. The smallest absolute Gasteiger partial charge is 0.220 e. The fourth-order valence-corrected chi connectivity index (χ4v) is 15.7. The van der Waals surface area contributed by atoms with Crippen molar-refractivity contribution in [3.63, 3.8) is 0 Å². The van der Waals surface area contributed by atoms with Gasteiger partial charge in [0.2, 0.25) is 5.91 Å². The number of amides is 1. The topological polar surface area (TPSA) is 307 Å². The third kappa shape index (κ3) is 50.3. The van der Waals surface area contributed by atoms with Gasteiger partial charge in [0.1, 0.15) is 73.2 Å². The van der Waals surface area contributed by atoms with Crippen LogP contribution in [-0.4, -0.2) is 193 Å². The third-order valence-electron chi connectivity index (χ3n) is 23.1. The Hall–Kier alpha value is -2.25. The average molecular weight is 1580 g/mol. The molecule has 19 nitrogen and oxygen atoms in total. The lowest BCUT2D eigenvalue weighted by Gasteiger charge is -2.48. The van der Waals surface area contributed by atoms with Gasteiger partial charge in [0.05, 0.1) is 38.6 Å². The number of carbonyl (C=O) groups is 1. The summed E-state index contributed by atoms with van der Waals surface area (Å²) in [7, 11) is 0. The summed E-state index contributed by atoms with van der Waals surface area (Å²) in [4.78, 5) is 13.5. The van der Waals surface area contributed by atoms with Crippen LogP contribution in [0.1, 0.15) is 399 Å². The SMILES string of the molecule is CCCCCCCCCC/C=C\CCCCCCCCCCCCCCCCCCCCCCCCCCCCCC(=O)NC(COC1OC(CO)C(OC2OC(CO)C(OC3OC(CO)C(O)C(O)C3O)C(O)C2O)C(O)C1O)C(O)/C=C/CC/C=C/CC/C=C/CCCCCCCCCCCCCCCCCCC. The average Bonchev–Trinajstić information content (AvgIpc) is 0.780. The highest BCUT2D eigenvalue weighted by Crippen LogP contribution is 2.34. The van der Waals surface area contributed by atoms with Gasteiger partial charge in [0.15, 0.2) is 18.9 Å². The van der Waals surface area contributed by atoms with E-state index in [1.54, 1.807) is 6.08 Å². The molecule has 0 aromatic heterocycles. The van der Waals surface area contributed by atoms with Gasteiger partial charge in [-0.25, -0.2) is 0 Å². The molecule has 3 aliphatic heterocycles. The van der Waals surface area contributed by atoms with Gasteiger partial charge in [-0.1, -0.05) is 371 Å². The molecular formula is C92H171NO18. The molecule has 0 bridgehead atoms. The maximum absolute atomic E-state index is 13.5. The van der Waals surface area contributed by atoms with Crippen molar-refractivity contribution in [3.8, 4) is 0 Å². The molecule has 0 aliphatic carbocycles. The molecule has 17 atom stereocenters. The fourth-order valence-electron chi connectivity index (χ4n) is 15.7. The van der Waals surface area contributed by atoms with E-state index in [9.17, 15) is 61.0 Å². The van der Waals surface area contributed by atoms with Crippen molar-refractivity contribution in [2.75, 3.05) is 26.4 Å². The van der Waals surface area contributed by atoms with Crippen molar-refractivity contribution < 1.29 is 89.4 Å². The zero-order valence-electron chi connectivity index (χ0n) is 70.5. The van der Waals surface area contributed by atoms with Gasteiger partial charge < -0.3 is 89.9 Å². The molecule has 0 saturated carbocycles. The molecule has 3 rings (SSSR count). The van der Waals surface area contributed by atoms with Crippen LogP contribution in [0.5, 0.6) is 0 Å². The van der Waals surface area contributed by atoms with E-state index in [2.05, 4.69) is 55.6 Å². The number of rotatable bonds is 76. The van der Waals surface area contributed by atoms with E-state index in [0.717, 1.165) is 44.9 Å². The molecular weight excluding hydrogens is 1410 g/mol. The first kappa shape index (κ1) is 103. The lowest BCUT2D eigenvalue weighted by molar-refractivity contribution is -0.379. The second-order valence-corrected chi connectivity index (χ2v) is 33.1. The molecule has 652 valence electrons. The van der Waals surface area contributed by atoms with Gasteiger partial charge in [-0.15, -0.1) is 0 Å². The fraction of sp³-hybridized carbons (Fsp3) is 0.902.